The lowest BCUT2D eigenvalue weighted by molar-refractivity contribution is -0.138. The van der Waals surface area contributed by atoms with E-state index in [2.05, 4.69) is 5.32 Å². The Morgan fingerprint density at radius 3 is 2.44 bits per heavy atom. The second-order valence-electron chi connectivity index (χ2n) is 6.42. The number of aliphatic hydroxyl groups is 1. The topological polar surface area (TPSA) is 98.7 Å². The molecule has 0 spiro atoms. The number of hydrogen-bond donors (Lipinski definition) is 3. The Morgan fingerprint density at radius 2 is 1.93 bits per heavy atom. The van der Waals surface area contributed by atoms with Gasteiger partial charge in [0, 0.05) is 13.1 Å². The third-order valence-corrected chi connectivity index (χ3v) is 4.89. The Balaban J connectivity index is 1.73. The summed E-state index contributed by atoms with van der Waals surface area (Å²) in [5.74, 6) is -2.10. The van der Waals surface area contributed by atoms with E-state index in [-0.39, 0.29) is 19.5 Å². The van der Waals surface area contributed by atoms with E-state index in [1.165, 1.54) is 11.0 Å². The molecule has 11 heteroatoms. The molecule has 0 radical (unpaired) electrons. The van der Waals surface area contributed by atoms with E-state index in [9.17, 15) is 32.7 Å². The largest absolute Gasteiger partial charge is 0.417 e. The maximum absolute atomic E-state index is 13.0. The van der Waals surface area contributed by atoms with E-state index in [4.69, 9.17) is 11.6 Å². The predicted octanol–water partition coefficient (Wildman–Crippen LogP) is 1.41. The number of aliphatic hydroxyl groups excluding tert-OH is 1. The van der Waals surface area contributed by atoms with Gasteiger partial charge in [-0.15, -0.1) is 0 Å². The summed E-state index contributed by atoms with van der Waals surface area (Å²) >= 11 is 5.70. The number of nitrogens with zero attached hydrogens (tertiary/aromatic N) is 1. The van der Waals surface area contributed by atoms with Crippen molar-refractivity contribution in [2.75, 3.05) is 6.61 Å². The summed E-state index contributed by atoms with van der Waals surface area (Å²) in [6.45, 7) is -0.584. The molecule has 27 heavy (non-hydrogen) atoms. The van der Waals surface area contributed by atoms with Gasteiger partial charge in [0.2, 0.25) is 5.91 Å². The number of rotatable bonds is 4. The van der Waals surface area contributed by atoms with Crippen LogP contribution in [0, 0.1) is 5.92 Å². The summed E-state index contributed by atoms with van der Waals surface area (Å²) in [7, 11) is 0. The van der Waals surface area contributed by atoms with Gasteiger partial charge in [0.15, 0.2) is 0 Å². The maximum atomic E-state index is 13.0. The zero-order chi connectivity index (χ0) is 19.9. The Kier molecular flexibility index (Phi) is 5.04. The molecule has 1 saturated heterocycles. The van der Waals surface area contributed by atoms with Gasteiger partial charge in [-0.1, -0.05) is 11.6 Å². The van der Waals surface area contributed by atoms with Gasteiger partial charge in [-0.3, -0.25) is 14.9 Å². The van der Waals surface area contributed by atoms with Crippen LogP contribution in [-0.4, -0.2) is 40.5 Å². The highest BCUT2D eigenvalue weighted by Crippen LogP contribution is 2.38. The third-order valence-electron chi connectivity index (χ3n) is 4.58. The normalized spacial score (nSPS) is 20.3. The number of imide groups is 1. The molecule has 0 saturated carbocycles. The highest BCUT2D eigenvalue weighted by Gasteiger charge is 2.38. The number of benzene rings is 1. The summed E-state index contributed by atoms with van der Waals surface area (Å²) in [5, 5.41) is 13.4. The molecule has 3 rings (SSSR count). The van der Waals surface area contributed by atoms with Gasteiger partial charge in [0.25, 0.3) is 5.91 Å². The molecule has 2 unspecified atom stereocenters. The maximum Gasteiger partial charge on any atom is 0.417 e. The van der Waals surface area contributed by atoms with Crippen molar-refractivity contribution >= 4 is 29.4 Å². The van der Waals surface area contributed by atoms with Crippen LogP contribution in [0.2, 0.25) is 5.02 Å². The summed E-state index contributed by atoms with van der Waals surface area (Å²) in [4.78, 5) is 36.7. The number of alkyl halides is 3. The molecule has 1 aromatic rings. The first kappa shape index (κ1) is 19.4. The van der Waals surface area contributed by atoms with Crippen LogP contribution in [0.4, 0.5) is 18.0 Å². The number of amides is 4. The van der Waals surface area contributed by atoms with E-state index in [1.54, 1.807) is 0 Å². The quantitative estimate of drug-likeness (QED) is 0.659. The van der Waals surface area contributed by atoms with Crippen molar-refractivity contribution < 1.29 is 32.7 Å². The zero-order valence-electron chi connectivity index (χ0n) is 13.8. The first-order valence-corrected chi connectivity index (χ1v) is 8.37. The average molecular weight is 406 g/mol. The first-order chi connectivity index (χ1) is 12.6. The van der Waals surface area contributed by atoms with Crippen LogP contribution in [0.5, 0.6) is 0 Å². The SMILES string of the molecule is O=C1NC(=O)C(CC(CO)C(=O)N2Cc3cc(Cl)c(C(F)(F)F)cc3C2)N1. The van der Waals surface area contributed by atoms with Gasteiger partial charge in [0.1, 0.15) is 6.04 Å². The van der Waals surface area contributed by atoms with Gasteiger partial charge in [0.05, 0.1) is 23.1 Å². The molecule has 2 atom stereocenters. The van der Waals surface area contributed by atoms with E-state index < -0.39 is 53.2 Å². The molecule has 4 amide bonds. The number of urea groups is 1. The molecule has 3 N–H and O–H groups in total. The van der Waals surface area contributed by atoms with Crippen LogP contribution in [0.1, 0.15) is 23.1 Å². The van der Waals surface area contributed by atoms with Crippen LogP contribution in [0.25, 0.3) is 0 Å². The third kappa shape index (κ3) is 3.86. The smallest absolute Gasteiger partial charge is 0.396 e. The molecule has 0 aliphatic carbocycles. The Labute approximate surface area is 156 Å². The van der Waals surface area contributed by atoms with E-state index in [1.807, 2.05) is 5.32 Å². The predicted molar refractivity (Wildman–Crippen MR) is 86.4 cm³/mol. The Morgan fingerprint density at radius 1 is 1.30 bits per heavy atom. The van der Waals surface area contributed by atoms with Crippen LogP contribution in [0.15, 0.2) is 12.1 Å². The monoisotopic (exact) mass is 405 g/mol. The van der Waals surface area contributed by atoms with Gasteiger partial charge in [-0.05, 0) is 29.7 Å². The average Bonchev–Trinajstić information content (AvgIpc) is 3.12. The second kappa shape index (κ2) is 7.01. The lowest BCUT2D eigenvalue weighted by Crippen LogP contribution is -2.39. The Bertz CT molecular complexity index is 815. The fraction of sp³-hybridized carbons (Fsp3) is 0.438. The molecule has 2 aliphatic heterocycles. The lowest BCUT2D eigenvalue weighted by atomic mass is 9.99. The molecular formula is C16H15ClF3N3O4. The molecule has 146 valence electrons. The molecule has 7 nitrogen and oxygen atoms in total. The number of nitrogens with one attached hydrogen (secondary N) is 2. The fourth-order valence-electron chi connectivity index (χ4n) is 3.21. The number of halogens is 4. The van der Waals surface area contributed by atoms with E-state index in [0.717, 1.165) is 6.07 Å². The summed E-state index contributed by atoms with van der Waals surface area (Å²) < 4.78 is 38.9. The van der Waals surface area contributed by atoms with Crippen molar-refractivity contribution in [3.05, 3.63) is 33.8 Å². The molecular weight excluding hydrogens is 391 g/mol. The first-order valence-electron chi connectivity index (χ1n) is 7.99. The summed E-state index contributed by atoms with van der Waals surface area (Å²) in [6.07, 6.45) is -4.72. The zero-order valence-corrected chi connectivity index (χ0v) is 14.5. The molecule has 0 aromatic heterocycles. The van der Waals surface area contributed by atoms with Crippen LogP contribution in [0.3, 0.4) is 0 Å². The van der Waals surface area contributed by atoms with Crippen molar-refractivity contribution in [3.63, 3.8) is 0 Å². The highest BCUT2D eigenvalue weighted by atomic mass is 35.5. The van der Waals surface area contributed by atoms with Gasteiger partial charge in [-0.25, -0.2) is 4.79 Å². The number of fused-ring (bicyclic) bond motifs is 1. The van der Waals surface area contributed by atoms with E-state index in [0.29, 0.717) is 11.1 Å². The van der Waals surface area contributed by atoms with Gasteiger partial charge >= 0.3 is 12.2 Å². The molecule has 1 fully saturated rings. The highest BCUT2D eigenvalue weighted by molar-refractivity contribution is 6.31. The second-order valence-corrected chi connectivity index (χ2v) is 6.83. The van der Waals surface area contributed by atoms with Gasteiger partial charge in [-0.2, -0.15) is 13.2 Å². The van der Waals surface area contributed by atoms with Crippen molar-refractivity contribution in [2.24, 2.45) is 5.92 Å². The number of carbonyl (C=O) groups excluding carboxylic acids is 3. The van der Waals surface area contributed by atoms with Crippen LogP contribution >= 0.6 is 11.6 Å². The van der Waals surface area contributed by atoms with E-state index >= 15 is 0 Å². The van der Waals surface area contributed by atoms with Crippen LogP contribution < -0.4 is 10.6 Å². The van der Waals surface area contributed by atoms with Crippen molar-refractivity contribution in [2.45, 2.75) is 31.7 Å². The Hall–Kier alpha value is -2.33. The summed E-state index contributed by atoms with van der Waals surface area (Å²) in [5.41, 5.74) is -0.158. The van der Waals surface area contributed by atoms with Gasteiger partial charge < -0.3 is 15.3 Å². The summed E-state index contributed by atoms with van der Waals surface area (Å²) in [6, 6.07) is 0.474. The lowest BCUT2D eigenvalue weighted by Gasteiger charge is -2.23. The molecule has 2 aliphatic rings. The molecule has 1 aromatic carbocycles. The number of carbonyl (C=O) groups is 3. The standard InChI is InChI=1S/C16H15ClF3N3O4/c17-11-2-8-5-23(4-7(8)1-10(11)16(18,19)20)14(26)9(6-24)3-12-13(25)22-15(27)21-12/h1-2,9,12,24H,3-6H2,(H2,21,22,25,27). The minimum atomic E-state index is -4.61. The molecule has 2 heterocycles. The fourth-order valence-corrected chi connectivity index (χ4v) is 3.51. The van der Waals surface area contributed by atoms with Crippen molar-refractivity contribution in [1.82, 2.24) is 15.5 Å². The number of hydrogen-bond acceptors (Lipinski definition) is 4. The van der Waals surface area contributed by atoms with Crippen LogP contribution in [-0.2, 0) is 28.9 Å². The minimum Gasteiger partial charge on any atom is -0.396 e. The molecule has 0 bridgehead atoms. The minimum absolute atomic E-state index is 0.0474. The van der Waals surface area contributed by atoms with Crippen molar-refractivity contribution in [3.8, 4) is 0 Å². The van der Waals surface area contributed by atoms with Crippen molar-refractivity contribution in [1.29, 1.82) is 0 Å².